The molecule has 0 radical (unpaired) electrons. The number of ether oxygens (including phenoxy) is 2. The Kier molecular flexibility index (Phi) is 4.07. The average Bonchev–Trinajstić information content (AvgIpc) is 2.13. The highest BCUT2D eigenvalue weighted by molar-refractivity contribution is 6.07. The number of hydrogen-bond acceptors (Lipinski definition) is 4. The minimum absolute atomic E-state index is 0.260. The second-order valence-corrected chi connectivity index (χ2v) is 3.25. The summed E-state index contributed by atoms with van der Waals surface area (Å²) in [7, 11) is 2.55. The summed E-state index contributed by atoms with van der Waals surface area (Å²) in [4.78, 5) is 22.8. The molecule has 4 nitrogen and oxygen atoms in total. The molecule has 0 N–H and O–H groups in total. The predicted octanol–water partition coefficient (Wildman–Crippen LogP) is 0.790. The first-order valence-corrected chi connectivity index (χ1v) is 4.08. The smallest absolute Gasteiger partial charge is 0.345 e. The van der Waals surface area contributed by atoms with E-state index in [-0.39, 0.29) is 11.7 Å². The molecule has 76 valence electrons. The van der Waals surface area contributed by atoms with Gasteiger partial charge >= 0.3 is 5.97 Å². The summed E-state index contributed by atoms with van der Waals surface area (Å²) in [5, 5.41) is 0. The highest BCUT2D eigenvalue weighted by Gasteiger charge is 2.43. The first-order chi connectivity index (χ1) is 5.90. The van der Waals surface area contributed by atoms with E-state index in [2.05, 4.69) is 4.74 Å². The number of hydrogen-bond donors (Lipinski definition) is 0. The minimum Gasteiger partial charge on any atom is -0.467 e. The molecule has 4 heteroatoms. The Morgan fingerprint density at radius 2 is 1.69 bits per heavy atom. The highest BCUT2D eigenvalue weighted by Crippen LogP contribution is 2.17. The van der Waals surface area contributed by atoms with Crippen molar-refractivity contribution in [2.45, 2.75) is 26.4 Å². The number of carbonyl (C=O) groups excluding carboxylic acids is 2. The Balaban J connectivity index is 4.83. The van der Waals surface area contributed by atoms with E-state index in [9.17, 15) is 9.59 Å². The molecule has 0 aliphatic rings. The third kappa shape index (κ3) is 2.28. The predicted molar refractivity (Wildman–Crippen MR) is 47.3 cm³/mol. The van der Waals surface area contributed by atoms with E-state index in [1.165, 1.54) is 21.1 Å². The molecule has 0 aromatic heterocycles. The summed E-state index contributed by atoms with van der Waals surface area (Å²) in [6.07, 6.45) is 0. The van der Waals surface area contributed by atoms with Gasteiger partial charge in [-0.2, -0.15) is 0 Å². The molecule has 0 saturated carbocycles. The van der Waals surface area contributed by atoms with Crippen LogP contribution in [0.4, 0.5) is 0 Å². The Labute approximate surface area is 78.2 Å². The van der Waals surface area contributed by atoms with Gasteiger partial charge in [-0.1, -0.05) is 13.8 Å². The quantitative estimate of drug-likeness (QED) is 0.483. The zero-order valence-corrected chi connectivity index (χ0v) is 8.71. The Morgan fingerprint density at radius 1 is 1.23 bits per heavy atom. The molecule has 0 fully saturated rings. The van der Waals surface area contributed by atoms with Gasteiger partial charge < -0.3 is 9.47 Å². The summed E-state index contributed by atoms with van der Waals surface area (Å²) in [5.74, 6) is -1.19. The summed E-state index contributed by atoms with van der Waals surface area (Å²) in [5.41, 5.74) is -1.47. The van der Waals surface area contributed by atoms with Gasteiger partial charge in [-0.15, -0.1) is 0 Å². The fraction of sp³-hybridized carbons (Fsp3) is 0.778. The van der Waals surface area contributed by atoms with Gasteiger partial charge in [0.15, 0.2) is 5.78 Å². The molecule has 0 heterocycles. The van der Waals surface area contributed by atoms with Gasteiger partial charge in [0.1, 0.15) is 0 Å². The molecule has 0 bridgehead atoms. The summed E-state index contributed by atoms with van der Waals surface area (Å²) >= 11 is 0. The molecule has 0 saturated heterocycles. The maximum absolute atomic E-state index is 11.6. The van der Waals surface area contributed by atoms with Crippen molar-refractivity contribution in [3.8, 4) is 0 Å². The van der Waals surface area contributed by atoms with Crippen LogP contribution in [0.15, 0.2) is 0 Å². The van der Waals surface area contributed by atoms with Crippen molar-refractivity contribution in [3.05, 3.63) is 0 Å². The van der Waals surface area contributed by atoms with E-state index in [4.69, 9.17) is 4.74 Å². The molecule has 0 aliphatic carbocycles. The van der Waals surface area contributed by atoms with Crippen molar-refractivity contribution in [2.75, 3.05) is 14.2 Å². The van der Waals surface area contributed by atoms with Crippen LogP contribution in [0.25, 0.3) is 0 Å². The summed E-state index contributed by atoms with van der Waals surface area (Å²) in [6, 6.07) is 0. The first kappa shape index (κ1) is 12.1. The van der Waals surface area contributed by atoms with Gasteiger partial charge in [0.05, 0.1) is 7.11 Å². The molecule has 0 amide bonds. The molecule has 0 rings (SSSR count). The van der Waals surface area contributed by atoms with Crippen molar-refractivity contribution < 1.29 is 19.1 Å². The monoisotopic (exact) mass is 188 g/mol. The van der Waals surface area contributed by atoms with Gasteiger partial charge in [0, 0.05) is 13.0 Å². The molecule has 0 spiro atoms. The molecule has 1 atom stereocenters. The average molecular weight is 188 g/mol. The van der Waals surface area contributed by atoms with Gasteiger partial charge in [0.2, 0.25) is 5.60 Å². The second-order valence-electron chi connectivity index (χ2n) is 3.25. The van der Waals surface area contributed by atoms with Crippen LogP contribution < -0.4 is 0 Å². The summed E-state index contributed by atoms with van der Waals surface area (Å²) in [6.45, 7) is 4.84. The largest absolute Gasteiger partial charge is 0.467 e. The Morgan fingerprint density at radius 3 is 1.92 bits per heavy atom. The van der Waals surface area contributed by atoms with E-state index >= 15 is 0 Å². The van der Waals surface area contributed by atoms with E-state index in [1.807, 2.05) is 0 Å². The Hall–Kier alpha value is -0.900. The number of Topliss-reactive ketones (excluding diaryl/α,β-unsaturated/α-hetero) is 1. The molecular formula is C9H16O4. The lowest BCUT2D eigenvalue weighted by Gasteiger charge is -2.24. The van der Waals surface area contributed by atoms with E-state index in [0.29, 0.717) is 0 Å². The van der Waals surface area contributed by atoms with Crippen molar-refractivity contribution in [1.29, 1.82) is 0 Å². The minimum atomic E-state index is -1.47. The SMILES string of the molecule is COC(=O)C(C)(OC)C(=O)C(C)C. The molecule has 0 aromatic rings. The lowest BCUT2D eigenvalue weighted by Crippen LogP contribution is -2.48. The maximum atomic E-state index is 11.6. The third-order valence-electron chi connectivity index (χ3n) is 1.98. The first-order valence-electron chi connectivity index (χ1n) is 4.08. The molecular weight excluding hydrogens is 172 g/mol. The van der Waals surface area contributed by atoms with Gasteiger partial charge in [-0.25, -0.2) is 4.79 Å². The van der Waals surface area contributed by atoms with Crippen molar-refractivity contribution in [3.63, 3.8) is 0 Å². The van der Waals surface area contributed by atoms with Crippen LogP contribution in [0.3, 0.4) is 0 Å². The van der Waals surface area contributed by atoms with Crippen molar-refractivity contribution in [1.82, 2.24) is 0 Å². The number of esters is 1. The lowest BCUT2D eigenvalue weighted by atomic mass is 9.92. The van der Waals surface area contributed by atoms with E-state index in [1.54, 1.807) is 13.8 Å². The summed E-state index contributed by atoms with van der Waals surface area (Å²) < 4.78 is 9.38. The molecule has 1 unspecified atom stereocenters. The molecule has 0 aliphatic heterocycles. The third-order valence-corrected chi connectivity index (χ3v) is 1.98. The molecule has 13 heavy (non-hydrogen) atoms. The van der Waals surface area contributed by atoms with Gasteiger partial charge in [-0.3, -0.25) is 4.79 Å². The number of rotatable bonds is 4. The van der Waals surface area contributed by atoms with Crippen molar-refractivity contribution >= 4 is 11.8 Å². The van der Waals surface area contributed by atoms with Crippen LogP contribution in [0.2, 0.25) is 0 Å². The topological polar surface area (TPSA) is 52.6 Å². The highest BCUT2D eigenvalue weighted by atomic mass is 16.6. The van der Waals surface area contributed by atoms with Gasteiger partial charge in [0.25, 0.3) is 0 Å². The van der Waals surface area contributed by atoms with Crippen LogP contribution in [0, 0.1) is 5.92 Å². The van der Waals surface area contributed by atoms with Gasteiger partial charge in [-0.05, 0) is 6.92 Å². The zero-order valence-electron chi connectivity index (χ0n) is 8.71. The fourth-order valence-corrected chi connectivity index (χ4v) is 1.03. The zero-order chi connectivity index (χ0) is 10.6. The lowest BCUT2D eigenvalue weighted by molar-refractivity contribution is -0.171. The van der Waals surface area contributed by atoms with Crippen LogP contribution in [-0.2, 0) is 19.1 Å². The Bertz CT molecular complexity index is 210. The maximum Gasteiger partial charge on any atom is 0.345 e. The van der Waals surface area contributed by atoms with Crippen LogP contribution in [-0.4, -0.2) is 31.6 Å². The number of carbonyl (C=O) groups is 2. The standard InChI is InChI=1S/C9H16O4/c1-6(2)7(10)9(3,13-5)8(11)12-4/h6H,1-5H3. The second kappa shape index (κ2) is 4.37. The van der Waals surface area contributed by atoms with E-state index in [0.717, 1.165) is 0 Å². The number of methoxy groups -OCH3 is 2. The normalized spacial score (nSPS) is 15.2. The van der Waals surface area contributed by atoms with Crippen LogP contribution in [0.1, 0.15) is 20.8 Å². The van der Waals surface area contributed by atoms with E-state index < -0.39 is 11.6 Å². The van der Waals surface area contributed by atoms with Crippen molar-refractivity contribution in [2.24, 2.45) is 5.92 Å². The van der Waals surface area contributed by atoms with Crippen LogP contribution >= 0.6 is 0 Å². The molecule has 0 aromatic carbocycles. The fourth-order valence-electron chi connectivity index (χ4n) is 1.03. The van der Waals surface area contributed by atoms with Crippen LogP contribution in [0.5, 0.6) is 0 Å². The number of ketones is 1.